The van der Waals surface area contributed by atoms with Gasteiger partial charge in [0.1, 0.15) is 5.76 Å². The molecule has 3 aromatic rings. The second-order valence-corrected chi connectivity index (χ2v) is 7.42. The molecule has 4 rings (SSSR count). The topological polar surface area (TPSA) is 89.1 Å². The summed E-state index contributed by atoms with van der Waals surface area (Å²) in [6, 6.07) is 5.91. The summed E-state index contributed by atoms with van der Waals surface area (Å²) in [6.45, 7) is 4.12. The van der Waals surface area contributed by atoms with Gasteiger partial charge >= 0.3 is 0 Å². The zero-order valence-electron chi connectivity index (χ0n) is 17.2. The molecule has 0 aliphatic carbocycles. The van der Waals surface area contributed by atoms with Gasteiger partial charge in [0.25, 0.3) is 5.91 Å². The van der Waals surface area contributed by atoms with Crippen LogP contribution in [0.4, 0.5) is 0 Å². The Labute approximate surface area is 182 Å². The summed E-state index contributed by atoms with van der Waals surface area (Å²) in [6.07, 6.45) is 8.16. The maximum absolute atomic E-state index is 13.6. The normalized spacial score (nSPS) is 16.5. The largest absolute Gasteiger partial charge is 0.440 e. The van der Waals surface area contributed by atoms with E-state index in [2.05, 4.69) is 20.4 Å². The van der Waals surface area contributed by atoms with Gasteiger partial charge in [-0.3, -0.25) is 14.5 Å². The number of oxazole rings is 1. The zero-order valence-corrected chi connectivity index (χ0v) is 18.1. The van der Waals surface area contributed by atoms with E-state index in [0.29, 0.717) is 23.9 Å². The third kappa shape index (κ3) is 4.88. The molecule has 3 aromatic heterocycles. The lowest BCUT2D eigenvalue weighted by atomic mass is 10.1. The van der Waals surface area contributed by atoms with Gasteiger partial charge in [0.15, 0.2) is 5.69 Å². The summed E-state index contributed by atoms with van der Waals surface area (Å²) in [5.74, 6) is 0.824. The van der Waals surface area contributed by atoms with E-state index in [0.717, 1.165) is 43.6 Å². The molecule has 1 saturated heterocycles. The number of amides is 1. The molecular formula is C21H27ClN6O2. The van der Waals surface area contributed by atoms with Crippen molar-refractivity contribution < 1.29 is 9.21 Å². The molecule has 1 aliphatic rings. The van der Waals surface area contributed by atoms with Crippen molar-refractivity contribution in [1.82, 2.24) is 30.0 Å². The molecule has 4 heterocycles. The Morgan fingerprint density at radius 2 is 2.20 bits per heavy atom. The van der Waals surface area contributed by atoms with Crippen molar-refractivity contribution in [2.75, 3.05) is 13.1 Å². The average Bonchev–Trinajstić information content (AvgIpc) is 3.22. The number of hydrogen-bond acceptors (Lipinski definition) is 6. The molecule has 1 amide bonds. The maximum Gasteiger partial charge on any atom is 0.276 e. The monoisotopic (exact) mass is 430 g/mol. The lowest BCUT2D eigenvalue weighted by Crippen LogP contribution is -2.41. The van der Waals surface area contributed by atoms with E-state index in [1.165, 1.54) is 0 Å². The van der Waals surface area contributed by atoms with E-state index < -0.39 is 0 Å². The molecule has 8 nitrogen and oxygen atoms in total. The number of nitrogens with one attached hydrogen (secondary N) is 1. The third-order valence-corrected chi connectivity index (χ3v) is 5.26. The minimum absolute atomic E-state index is 0. The fourth-order valence-electron chi connectivity index (χ4n) is 3.73. The van der Waals surface area contributed by atoms with Crippen molar-refractivity contribution in [2.24, 2.45) is 7.05 Å². The van der Waals surface area contributed by atoms with Crippen LogP contribution in [0, 0.1) is 6.92 Å². The molecule has 1 unspecified atom stereocenters. The number of aryl methyl sites for hydroxylation is 2. The highest BCUT2D eigenvalue weighted by atomic mass is 35.5. The first-order valence-corrected chi connectivity index (χ1v) is 10.00. The third-order valence-electron chi connectivity index (χ3n) is 5.26. The summed E-state index contributed by atoms with van der Waals surface area (Å²) >= 11 is 0. The molecule has 0 bridgehead atoms. The Balaban J connectivity index is 0.00000256. The minimum Gasteiger partial charge on any atom is -0.440 e. The lowest BCUT2D eigenvalue weighted by molar-refractivity contribution is 0.0635. The molecular weight excluding hydrogens is 404 g/mol. The van der Waals surface area contributed by atoms with Gasteiger partial charge in [0.2, 0.25) is 5.89 Å². The second-order valence-electron chi connectivity index (χ2n) is 7.42. The first kappa shape index (κ1) is 22.0. The van der Waals surface area contributed by atoms with Gasteiger partial charge in [-0.15, -0.1) is 12.4 Å². The molecule has 9 heteroatoms. The van der Waals surface area contributed by atoms with Crippen LogP contribution in [0.3, 0.4) is 0 Å². The van der Waals surface area contributed by atoms with Crippen LogP contribution >= 0.6 is 12.4 Å². The number of nitrogens with zero attached hydrogens (tertiary/aromatic N) is 5. The molecule has 160 valence electrons. The van der Waals surface area contributed by atoms with E-state index in [1.54, 1.807) is 24.0 Å². The SMILES string of the molecule is Cc1oc(-c2cnn(C)c2)nc1C(=O)N(Cc1ccccn1)C1CCCNCC1.Cl. The smallest absolute Gasteiger partial charge is 0.276 e. The van der Waals surface area contributed by atoms with Gasteiger partial charge < -0.3 is 14.6 Å². The van der Waals surface area contributed by atoms with Gasteiger partial charge in [-0.2, -0.15) is 5.10 Å². The van der Waals surface area contributed by atoms with Crippen molar-refractivity contribution in [3.63, 3.8) is 0 Å². The molecule has 0 aromatic carbocycles. The van der Waals surface area contributed by atoms with Crippen molar-refractivity contribution in [3.8, 4) is 11.5 Å². The zero-order chi connectivity index (χ0) is 20.2. The van der Waals surface area contributed by atoms with Gasteiger partial charge in [0.05, 0.1) is 24.0 Å². The Kier molecular flexibility index (Phi) is 7.23. The highest BCUT2D eigenvalue weighted by Crippen LogP contribution is 2.25. The van der Waals surface area contributed by atoms with E-state index in [-0.39, 0.29) is 24.4 Å². The van der Waals surface area contributed by atoms with E-state index in [9.17, 15) is 4.79 Å². The summed E-state index contributed by atoms with van der Waals surface area (Å²) in [7, 11) is 1.83. The van der Waals surface area contributed by atoms with Crippen LogP contribution in [0.25, 0.3) is 11.5 Å². The average molecular weight is 431 g/mol. The molecule has 1 aliphatic heterocycles. The minimum atomic E-state index is -0.112. The van der Waals surface area contributed by atoms with Crippen LogP contribution in [0.5, 0.6) is 0 Å². The number of aromatic nitrogens is 4. The summed E-state index contributed by atoms with van der Waals surface area (Å²) in [4.78, 5) is 24.4. The van der Waals surface area contributed by atoms with Gasteiger partial charge in [-0.05, 0) is 51.4 Å². The van der Waals surface area contributed by atoms with Crippen molar-refractivity contribution in [2.45, 2.75) is 38.8 Å². The number of rotatable bonds is 5. The fraction of sp³-hybridized carbons (Fsp3) is 0.429. The predicted octanol–water partition coefficient (Wildman–Crippen LogP) is 2.98. The van der Waals surface area contributed by atoms with E-state index in [1.807, 2.05) is 36.3 Å². The summed E-state index contributed by atoms with van der Waals surface area (Å²) < 4.78 is 7.49. The highest BCUT2D eigenvalue weighted by Gasteiger charge is 2.30. The number of carbonyl (C=O) groups is 1. The molecule has 30 heavy (non-hydrogen) atoms. The Bertz CT molecular complexity index is 963. The molecule has 0 saturated carbocycles. The number of hydrogen-bond donors (Lipinski definition) is 1. The Hall–Kier alpha value is -2.71. The van der Waals surface area contributed by atoms with Crippen molar-refractivity contribution >= 4 is 18.3 Å². The van der Waals surface area contributed by atoms with E-state index >= 15 is 0 Å². The predicted molar refractivity (Wildman–Crippen MR) is 115 cm³/mol. The molecule has 0 radical (unpaired) electrons. The van der Waals surface area contributed by atoms with Crippen LogP contribution in [0.1, 0.15) is 41.2 Å². The molecule has 0 spiro atoms. The Morgan fingerprint density at radius 3 is 2.93 bits per heavy atom. The summed E-state index contributed by atoms with van der Waals surface area (Å²) in [5.41, 5.74) is 1.98. The first-order chi connectivity index (χ1) is 14.1. The second kappa shape index (κ2) is 9.86. The first-order valence-electron chi connectivity index (χ1n) is 10.00. The maximum atomic E-state index is 13.6. The number of pyridine rings is 1. The molecule has 1 N–H and O–H groups in total. The van der Waals surface area contributed by atoms with Gasteiger partial charge in [-0.1, -0.05) is 6.07 Å². The number of halogens is 1. The molecule has 1 fully saturated rings. The standard InChI is InChI=1S/C21H26N6O2.ClH/c1-15-19(25-20(29-15)16-12-24-26(2)13-16)21(28)27(14-17-6-3-4-10-23-17)18-7-5-9-22-11-8-18;/h3-4,6,10,12-13,18,22H,5,7-9,11,14H2,1-2H3;1H. The van der Waals surface area contributed by atoms with Crippen LogP contribution in [-0.2, 0) is 13.6 Å². The van der Waals surface area contributed by atoms with Crippen LogP contribution in [0.15, 0.2) is 41.2 Å². The van der Waals surface area contributed by atoms with Crippen LogP contribution in [0.2, 0.25) is 0 Å². The van der Waals surface area contributed by atoms with Crippen LogP contribution < -0.4 is 5.32 Å². The summed E-state index contributed by atoms with van der Waals surface area (Å²) in [5, 5.41) is 7.57. The number of carbonyl (C=O) groups excluding carboxylic acids is 1. The van der Waals surface area contributed by atoms with Gasteiger partial charge in [0, 0.05) is 25.5 Å². The molecule has 1 atom stereocenters. The van der Waals surface area contributed by atoms with Crippen LogP contribution in [-0.4, -0.2) is 49.7 Å². The lowest BCUT2D eigenvalue weighted by Gasteiger charge is -2.30. The van der Waals surface area contributed by atoms with Gasteiger partial charge in [-0.25, -0.2) is 4.98 Å². The Morgan fingerprint density at radius 1 is 1.33 bits per heavy atom. The van der Waals surface area contributed by atoms with Crippen molar-refractivity contribution in [3.05, 3.63) is 53.9 Å². The van der Waals surface area contributed by atoms with Crippen molar-refractivity contribution in [1.29, 1.82) is 0 Å². The highest BCUT2D eigenvalue weighted by molar-refractivity contribution is 5.94. The van der Waals surface area contributed by atoms with E-state index in [4.69, 9.17) is 4.42 Å². The quantitative estimate of drug-likeness (QED) is 0.669. The fourth-order valence-corrected chi connectivity index (χ4v) is 3.73.